The molecule has 178 valence electrons. The topological polar surface area (TPSA) is 35.5 Å². The molecule has 0 unspecified atom stereocenters. The highest BCUT2D eigenvalue weighted by Crippen LogP contribution is 2.38. The Labute approximate surface area is 190 Å². The Morgan fingerprint density at radius 3 is 2.28 bits per heavy atom. The van der Waals surface area contributed by atoms with Crippen LogP contribution in [0.3, 0.4) is 0 Å². The maximum Gasteiger partial charge on any atom is 0.416 e. The lowest BCUT2D eigenvalue weighted by molar-refractivity contribution is -0.135. The number of allylic oxidation sites excluding steroid dienone is 5. The van der Waals surface area contributed by atoms with E-state index in [0.29, 0.717) is 18.6 Å². The first-order valence-corrected chi connectivity index (χ1v) is 10.9. The zero-order valence-corrected chi connectivity index (χ0v) is 20.1. The minimum atomic E-state index is -4.66. The van der Waals surface area contributed by atoms with Crippen molar-refractivity contribution in [1.29, 1.82) is 0 Å². The fourth-order valence-electron chi connectivity index (χ4n) is 3.01. The van der Waals surface area contributed by atoms with E-state index < -0.39 is 17.7 Å². The summed E-state index contributed by atoms with van der Waals surface area (Å²) in [7, 11) is 1.04. The van der Waals surface area contributed by atoms with Crippen molar-refractivity contribution in [2.24, 2.45) is 0 Å². The third kappa shape index (κ3) is 8.21. The fraction of sp³-hybridized carbons (Fsp3) is 0.500. The summed E-state index contributed by atoms with van der Waals surface area (Å²) in [5.74, 6) is 0.244. The first-order valence-electron chi connectivity index (χ1n) is 10.9. The zero-order valence-electron chi connectivity index (χ0n) is 20.1. The molecule has 0 amide bonds. The fourth-order valence-corrected chi connectivity index (χ4v) is 3.01. The van der Waals surface area contributed by atoms with Crippen LogP contribution in [-0.4, -0.2) is 25.9 Å². The molecule has 0 aliphatic heterocycles. The van der Waals surface area contributed by atoms with Crippen molar-refractivity contribution >= 4 is 11.5 Å². The lowest BCUT2D eigenvalue weighted by atomic mass is 9.89. The Kier molecular flexibility index (Phi) is 10.8. The molecule has 0 heterocycles. The SMILES string of the molecule is CCCCOc1c(/C(C)=C/C=C/C(=C\C(=O)OC)C(F)(F)F)cc(C(C)C)cc1C(C)C. The standard InChI is InChI=1S/C26H35F3O3/c1-8-9-13-32-25-22(18(4)5)14-20(17(2)3)15-23(25)19(6)11-10-12-21(26(27,28)29)16-24(30)31-7/h10-12,14-18H,8-9,13H2,1-7H3/b12-10+,19-11+,21-16+. The lowest BCUT2D eigenvalue weighted by Gasteiger charge is -2.21. The first-order chi connectivity index (χ1) is 14.9. The van der Waals surface area contributed by atoms with Crippen LogP contribution in [0.15, 0.2) is 42.0 Å². The predicted molar refractivity (Wildman–Crippen MR) is 124 cm³/mol. The molecule has 0 saturated carbocycles. The number of methoxy groups -OCH3 is 1. The number of unbranched alkanes of at least 4 members (excludes halogenated alkanes) is 1. The highest BCUT2D eigenvalue weighted by molar-refractivity contribution is 5.83. The van der Waals surface area contributed by atoms with Gasteiger partial charge in [-0.1, -0.05) is 59.3 Å². The van der Waals surface area contributed by atoms with Crippen LogP contribution in [0, 0.1) is 0 Å². The lowest BCUT2D eigenvalue weighted by Crippen LogP contribution is -2.12. The molecule has 1 rings (SSSR count). The van der Waals surface area contributed by atoms with E-state index in [4.69, 9.17) is 4.74 Å². The number of carbonyl (C=O) groups excluding carboxylic acids is 1. The van der Waals surface area contributed by atoms with E-state index in [2.05, 4.69) is 45.4 Å². The molecule has 1 aromatic carbocycles. The number of hydrogen-bond acceptors (Lipinski definition) is 3. The third-order valence-corrected chi connectivity index (χ3v) is 5.02. The average molecular weight is 453 g/mol. The molecule has 0 saturated heterocycles. The summed E-state index contributed by atoms with van der Waals surface area (Å²) in [5, 5.41) is 0. The largest absolute Gasteiger partial charge is 0.493 e. The minimum absolute atomic E-state index is 0.229. The number of halogens is 3. The third-order valence-electron chi connectivity index (χ3n) is 5.02. The van der Waals surface area contributed by atoms with Gasteiger partial charge < -0.3 is 9.47 Å². The van der Waals surface area contributed by atoms with Crippen LogP contribution in [-0.2, 0) is 9.53 Å². The van der Waals surface area contributed by atoms with E-state index in [1.165, 1.54) is 6.08 Å². The van der Waals surface area contributed by atoms with Crippen LogP contribution in [0.4, 0.5) is 13.2 Å². The monoisotopic (exact) mass is 452 g/mol. The second kappa shape index (κ2) is 12.5. The minimum Gasteiger partial charge on any atom is -0.493 e. The van der Waals surface area contributed by atoms with Gasteiger partial charge in [-0.05, 0) is 54.0 Å². The van der Waals surface area contributed by atoms with Crippen molar-refractivity contribution < 1.29 is 27.4 Å². The quantitative estimate of drug-likeness (QED) is 0.158. The Morgan fingerprint density at radius 2 is 1.78 bits per heavy atom. The molecule has 1 aromatic rings. The molecule has 32 heavy (non-hydrogen) atoms. The second-order valence-electron chi connectivity index (χ2n) is 8.33. The van der Waals surface area contributed by atoms with Gasteiger partial charge in [0.25, 0.3) is 0 Å². The molecule has 0 aliphatic rings. The van der Waals surface area contributed by atoms with Crippen molar-refractivity contribution in [2.45, 2.75) is 72.4 Å². The average Bonchev–Trinajstić information content (AvgIpc) is 2.71. The van der Waals surface area contributed by atoms with Crippen molar-refractivity contribution in [3.63, 3.8) is 0 Å². The molecule has 0 radical (unpaired) electrons. The van der Waals surface area contributed by atoms with Crippen molar-refractivity contribution in [3.8, 4) is 5.75 Å². The number of benzene rings is 1. The molecular weight excluding hydrogens is 417 g/mol. The summed E-state index contributed by atoms with van der Waals surface area (Å²) in [6, 6.07) is 4.20. The van der Waals surface area contributed by atoms with Gasteiger partial charge in [-0.3, -0.25) is 0 Å². The van der Waals surface area contributed by atoms with E-state index in [1.54, 1.807) is 6.08 Å². The number of hydrogen-bond donors (Lipinski definition) is 0. The highest BCUT2D eigenvalue weighted by Gasteiger charge is 2.32. The molecule has 0 aliphatic carbocycles. The summed E-state index contributed by atoms with van der Waals surface area (Å²) in [6.07, 6.45) is 1.46. The van der Waals surface area contributed by atoms with Gasteiger partial charge >= 0.3 is 12.1 Å². The Bertz CT molecular complexity index is 860. The molecule has 0 aromatic heterocycles. The van der Waals surface area contributed by atoms with Crippen molar-refractivity contribution in [2.75, 3.05) is 13.7 Å². The normalized spacial score (nSPS) is 13.4. The maximum atomic E-state index is 13.2. The number of esters is 1. The smallest absolute Gasteiger partial charge is 0.416 e. The second-order valence-corrected chi connectivity index (χ2v) is 8.33. The molecule has 0 spiro atoms. The zero-order chi connectivity index (χ0) is 24.5. The van der Waals surface area contributed by atoms with Crippen LogP contribution < -0.4 is 4.74 Å². The Morgan fingerprint density at radius 1 is 1.12 bits per heavy atom. The van der Waals surface area contributed by atoms with E-state index >= 15 is 0 Å². The summed E-state index contributed by atoms with van der Waals surface area (Å²) in [4.78, 5) is 11.3. The number of carbonyl (C=O) groups is 1. The van der Waals surface area contributed by atoms with Gasteiger partial charge in [-0.25, -0.2) is 4.79 Å². The van der Waals surface area contributed by atoms with Crippen LogP contribution in [0.25, 0.3) is 5.57 Å². The van der Waals surface area contributed by atoms with E-state index in [9.17, 15) is 18.0 Å². The molecule has 0 N–H and O–H groups in total. The van der Waals surface area contributed by atoms with Gasteiger partial charge in [0.05, 0.1) is 19.3 Å². The van der Waals surface area contributed by atoms with Gasteiger partial charge in [0.2, 0.25) is 0 Å². The van der Waals surface area contributed by atoms with Crippen LogP contribution in [0.1, 0.15) is 82.9 Å². The van der Waals surface area contributed by atoms with Crippen molar-refractivity contribution in [3.05, 3.63) is 58.7 Å². The Hall–Kier alpha value is -2.50. The molecule has 0 fully saturated rings. The van der Waals surface area contributed by atoms with Crippen molar-refractivity contribution in [1.82, 2.24) is 0 Å². The van der Waals surface area contributed by atoms with Gasteiger partial charge in [-0.2, -0.15) is 13.2 Å². The number of alkyl halides is 3. The van der Waals surface area contributed by atoms with Gasteiger partial charge in [0, 0.05) is 11.6 Å². The molecular formula is C26H35F3O3. The first kappa shape index (κ1) is 27.5. The summed E-state index contributed by atoms with van der Waals surface area (Å²) in [6.45, 7) is 12.9. The van der Waals surface area contributed by atoms with Crippen LogP contribution in [0.2, 0.25) is 0 Å². The van der Waals surface area contributed by atoms with Gasteiger partial charge in [0.15, 0.2) is 0 Å². The van der Waals surface area contributed by atoms with Gasteiger partial charge in [0.1, 0.15) is 5.75 Å². The molecule has 0 bridgehead atoms. The molecule has 0 atom stereocenters. The highest BCUT2D eigenvalue weighted by atomic mass is 19.4. The van der Waals surface area contributed by atoms with E-state index in [0.717, 1.165) is 54.0 Å². The molecule has 6 heteroatoms. The summed E-state index contributed by atoms with van der Waals surface area (Å²) >= 11 is 0. The molecule has 3 nitrogen and oxygen atoms in total. The van der Waals surface area contributed by atoms with Gasteiger partial charge in [-0.15, -0.1) is 0 Å². The predicted octanol–water partition coefficient (Wildman–Crippen LogP) is 7.73. The number of ether oxygens (including phenoxy) is 2. The van der Waals surface area contributed by atoms with Crippen LogP contribution in [0.5, 0.6) is 5.75 Å². The van der Waals surface area contributed by atoms with E-state index in [1.807, 2.05) is 13.0 Å². The summed E-state index contributed by atoms with van der Waals surface area (Å²) < 4.78 is 50.1. The Balaban J connectivity index is 3.49. The van der Waals surface area contributed by atoms with E-state index in [-0.39, 0.29) is 5.92 Å². The number of rotatable bonds is 10. The van der Waals surface area contributed by atoms with Crippen LogP contribution >= 0.6 is 0 Å². The maximum absolute atomic E-state index is 13.2. The summed E-state index contributed by atoms with van der Waals surface area (Å²) in [5.41, 5.74) is 2.79.